The van der Waals surface area contributed by atoms with Crippen molar-refractivity contribution in [2.24, 2.45) is 0 Å². The second kappa shape index (κ2) is 21.6. The Balaban J connectivity index is 1.97. The van der Waals surface area contributed by atoms with Crippen LogP contribution < -0.4 is 10.6 Å². The number of carboxylic acid groups (broad SMARTS) is 2. The fourth-order valence-corrected chi connectivity index (χ4v) is 5.27. The van der Waals surface area contributed by atoms with E-state index in [4.69, 9.17) is 23.7 Å². The maximum absolute atomic E-state index is 12.7. The topological polar surface area (TPSA) is 283 Å². The van der Waals surface area contributed by atoms with Crippen molar-refractivity contribution in [1.82, 2.24) is 25.3 Å². The normalized spacial score (nSPS) is 21.9. The van der Waals surface area contributed by atoms with Crippen molar-refractivity contribution < 1.29 is 81.8 Å². The van der Waals surface area contributed by atoms with Crippen LogP contribution in [0.25, 0.3) is 0 Å². The Morgan fingerprint density at radius 2 is 1.23 bits per heavy atom. The summed E-state index contributed by atoms with van der Waals surface area (Å²) in [5.74, 6) is -7.61. The van der Waals surface area contributed by atoms with Gasteiger partial charge in [-0.25, -0.2) is 0 Å². The number of morpholine rings is 1. The molecule has 0 aromatic heterocycles. The number of carboxylic acids is 2. The summed E-state index contributed by atoms with van der Waals surface area (Å²) in [5, 5.41) is 24.3. The lowest BCUT2D eigenvalue weighted by molar-refractivity contribution is -0.294. The standard InChI is InChI=1S/C30H45N5O17/c1-17(36)47-27-21(51-30(50-20(4)39)29(49-19(3)38)28(27)48-18(2)37)11-31-5-6-32-22(40)12-34(14-24(43)44)9-7-33(13-23(41)42)8-10-35-15-25(45)52-26(46)16-35/h21,27-31H,5-16H2,1-4H3,(H,32,40)(H,41,42)(H,43,44)/t21?,27-,28?,29?,30-/m1/s1. The van der Waals surface area contributed by atoms with Gasteiger partial charge in [-0.3, -0.25) is 57.9 Å². The lowest BCUT2D eigenvalue weighted by atomic mass is 9.97. The Kier molecular flexibility index (Phi) is 18.0. The van der Waals surface area contributed by atoms with Crippen LogP contribution in [0.4, 0.5) is 0 Å². The molecular weight excluding hydrogens is 702 g/mol. The summed E-state index contributed by atoms with van der Waals surface area (Å²) >= 11 is 0. The summed E-state index contributed by atoms with van der Waals surface area (Å²) in [6.07, 6.45) is -6.86. The fourth-order valence-electron chi connectivity index (χ4n) is 5.27. The van der Waals surface area contributed by atoms with Gasteiger partial charge in [-0.2, -0.15) is 0 Å². The predicted molar refractivity (Wildman–Crippen MR) is 169 cm³/mol. The number of hydrogen-bond acceptors (Lipinski definition) is 19. The SMILES string of the molecule is CC(=O)OC1C(OC(C)=O)[C@H](OC(C)=O)C(CNCCNC(=O)CN(CCN(CCN2CC(=O)OC(=O)C2)CC(=O)O)CC(=O)O)O[C@H]1OC(C)=O. The van der Waals surface area contributed by atoms with E-state index in [-0.39, 0.29) is 65.4 Å². The number of ether oxygens (including phenoxy) is 6. The van der Waals surface area contributed by atoms with Gasteiger partial charge in [-0.15, -0.1) is 0 Å². The van der Waals surface area contributed by atoms with Crippen molar-refractivity contribution >= 4 is 53.7 Å². The number of rotatable bonds is 21. The first kappa shape index (κ1) is 43.4. The molecule has 22 heteroatoms. The van der Waals surface area contributed by atoms with E-state index >= 15 is 0 Å². The molecule has 2 rings (SSSR count). The maximum Gasteiger partial charge on any atom is 0.327 e. The monoisotopic (exact) mass is 747 g/mol. The third kappa shape index (κ3) is 16.5. The van der Waals surface area contributed by atoms with Crippen LogP contribution in [0.2, 0.25) is 0 Å². The highest BCUT2D eigenvalue weighted by atomic mass is 16.7. The lowest BCUT2D eigenvalue weighted by Crippen LogP contribution is -2.64. The molecule has 292 valence electrons. The maximum atomic E-state index is 12.7. The minimum absolute atomic E-state index is 0.00981. The van der Waals surface area contributed by atoms with E-state index in [1.54, 1.807) is 0 Å². The largest absolute Gasteiger partial charge is 0.480 e. The smallest absolute Gasteiger partial charge is 0.327 e. The van der Waals surface area contributed by atoms with E-state index < -0.39 is 97.5 Å². The highest BCUT2D eigenvalue weighted by Gasteiger charge is 2.53. The van der Waals surface area contributed by atoms with Crippen molar-refractivity contribution in [3.8, 4) is 0 Å². The van der Waals surface area contributed by atoms with Crippen molar-refractivity contribution in [2.45, 2.75) is 58.4 Å². The summed E-state index contributed by atoms with van der Waals surface area (Å²) in [7, 11) is 0. The predicted octanol–water partition coefficient (Wildman–Crippen LogP) is -4.07. The van der Waals surface area contributed by atoms with Gasteiger partial charge in [0.15, 0.2) is 12.2 Å². The molecular formula is C30H45N5O17. The lowest BCUT2D eigenvalue weighted by Gasteiger charge is -2.43. The molecule has 5 atom stereocenters. The molecule has 1 amide bonds. The van der Waals surface area contributed by atoms with E-state index in [0.29, 0.717) is 0 Å². The van der Waals surface area contributed by atoms with Crippen LogP contribution in [0, 0.1) is 0 Å². The van der Waals surface area contributed by atoms with E-state index in [9.17, 15) is 53.4 Å². The molecule has 0 radical (unpaired) electrons. The summed E-state index contributed by atoms with van der Waals surface area (Å²) in [6.45, 7) is 3.06. The number of carbonyl (C=O) groups is 9. The second-order valence-electron chi connectivity index (χ2n) is 11.8. The van der Waals surface area contributed by atoms with Crippen LogP contribution in [0.15, 0.2) is 0 Å². The van der Waals surface area contributed by atoms with Gasteiger partial charge in [0.2, 0.25) is 18.3 Å². The summed E-state index contributed by atoms with van der Waals surface area (Å²) in [5.41, 5.74) is 0. The molecule has 0 aromatic rings. The highest BCUT2D eigenvalue weighted by molar-refractivity contribution is 5.90. The minimum atomic E-state index is -1.54. The van der Waals surface area contributed by atoms with E-state index in [1.807, 2.05) is 0 Å². The number of cyclic esters (lactones) is 2. The third-order valence-corrected chi connectivity index (χ3v) is 7.23. The molecule has 2 aliphatic rings. The number of nitrogens with zero attached hydrogens (tertiary/aromatic N) is 3. The van der Waals surface area contributed by atoms with Crippen molar-refractivity contribution in [3.63, 3.8) is 0 Å². The van der Waals surface area contributed by atoms with Crippen molar-refractivity contribution in [2.75, 3.05) is 78.5 Å². The van der Waals surface area contributed by atoms with Crippen LogP contribution in [0.3, 0.4) is 0 Å². The van der Waals surface area contributed by atoms with Gasteiger partial charge in [0.05, 0.1) is 32.7 Å². The summed E-state index contributed by atoms with van der Waals surface area (Å²) in [6, 6.07) is 0. The molecule has 2 heterocycles. The third-order valence-electron chi connectivity index (χ3n) is 7.23. The molecule has 2 fully saturated rings. The average Bonchev–Trinajstić information content (AvgIpc) is 2.99. The molecule has 0 aromatic carbocycles. The molecule has 2 saturated heterocycles. The number of amides is 1. The molecule has 22 nitrogen and oxygen atoms in total. The number of nitrogens with one attached hydrogen (secondary N) is 2. The highest BCUT2D eigenvalue weighted by Crippen LogP contribution is 2.29. The molecule has 2 aliphatic heterocycles. The van der Waals surface area contributed by atoms with Gasteiger partial charge in [0.1, 0.15) is 6.10 Å². The first-order valence-electron chi connectivity index (χ1n) is 16.1. The van der Waals surface area contributed by atoms with Gasteiger partial charge in [-0.1, -0.05) is 0 Å². The number of carbonyl (C=O) groups excluding carboxylic acids is 7. The van der Waals surface area contributed by atoms with Crippen LogP contribution in [0.5, 0.6) is 0 Å². The molecule has 3 unspecified atom stereocenters. The molecule has 0 aliphatic carbocycles. The van der Waals surface area contributed by atoms with Gasteiger partial charge in [-0.05, 0) is 0 Å². The van der Waals surface area contributed by atoms with Gasteiger partial charge < -0.3 is 49.3 Å². The number of aliphatic carboxylic acids is 2. The molecule has 0 saturated carbocycles. The Labute approximate surface area is 297 Å². The van der Waals surface area contributed by atoms with Crippen LogP contribution >= 0.6 is 0 Å². The number of hydrogen-bond donors (Lipinski definition) is 4. The zero-order valence-electron chi connectivity index (χ0n) is 29.2. The van der Waals surface area contributed by atoms with E-state index in [1.165, 1.54) is 14.7 Å². The Morgan fingerprint density at radius 3 is 1.79 bits per heavy atom. The van der Waals surface area contributed by atoms with Crippen molar-refractivity contribution in [3.05, 3.63) is 0 Å². The summed E-state index contributed by atoms with van der Waals surface area (Å²) < 4.78 is 31.3. The Hall–Kier alpha value is -4.77. The zero-order chi connectivity index (χ0) is 39.0. The van der Waals surface area contributed by atoms with Gasteiger partial charge >= 0.3 is 47.8 Å². The molecule has 52 heavy (non-hydrogen) atoms. The fraction of sp³-hybridized carbons (Fsp3) is 0.700. The average molecular weight is 748 g/mol. The van der Waals surface area contributed by atoms with Gasteiger partial charge in [0.25, 0.3) is 0 Å². The van der Waals surface area contributed by atoms with Crippen LogP contribution in [-0.4, -0.2) is 188 Å². The Morgan fingerprint density at radius 1 is 0.712 bits per heavy atom. The molecule has 0 bridgehead atoms. The Bertz CT molecular complexity index is 1310. The zero-order valence-corrected chi connectivity index (χ0v) is 29.2. The summed E-state index contributed by atoms with van der Waals surface area (Å²) in [4.78, 5) is 110. The first-order valence-corrected chi connectivity index (χ1v) is 16.1. The molecule has 4 N–H and O–H groups in total. The van der Waals surface area contributed by atoms with Crippen LogP contribution in [0.1, 0.15) is 27.7 Å². The second-order valence-corrected chi connectivity index (χ2v) is 11.8. The van der Waals surface area contributed by atoms with Crippen molar-refractivity contribution in [1.29, 1.82) is 0 Å². The number of esters is 6. The van der Waals surface area contributed by atoms with E-state index in [2.05, 4.69) is 15.4 Å². The first-order chi connectivity index (χ1) is 24.4. The quantitative estimate of drug-likeness (QED) is 0.0376. The minimum Gasteiger partial charge on any atom is -0.480 e. The van der Waals surface area contributed by atoms with Crippen LogP contribution in [-0.2, 0) is 71.6 Å². The molecule has 0 spiro atoms. The van der Waals surface area contributed by atoms with Gasteiger partial charge in [0, 0.05) is 73.5 Å². The van der Waals surface area contributed by atoms with E-state index in [0.717, 1.165) is 27.7 Å².